The lowest BCUT2D eigenvalue weighted by Crippen LogP contribution is -2.49. The number of alkyl carbamates (subject to hydrolysis) is 1. The van der Waals surface area contributed by atoms with Gasteiger partial charge in [0.1, 0.15) is 6.04 Å². The maximum absolute atomic E-state index is 13.7. The summed E-state index contributed by atoms with van der Waals surface area (Å²) in [6.07, 6.45) is -0.917. The summed E-state index contributed by atoms with van der Waals surface area (Å²) < 4.78 is 36.1. The number of carbonyl (C=O) groups is 2. The second-order valence-electron chi connectivity index (χ2n) is 4.03. The van der Waals surface area contributed by atoms with Crippen molar-refractivity contribution in [2.24, 2.45) is 0 Å². The summed E-state index contributed by atoms with van der Waals surface area (Å²) in [5.74, 6) is -3.88. The number of alkyl halides is 2. The number of nitrogens with one attached hydrogen (secondary N) is 1. The highest BCUT2D eigenvalue weighted by molar-refractivity contribution is 5.89. The zero-order valence-electron chi connectivity index (χ0n) is 9.98. The van der Waals surface area contributed by atoms with Crippen molar-refractivity contribution in [3.8, 4) is 0 Å². The zero-order chi connectivity index (χ0) is 14.0. The van der Waals surface area contributed by atoms with Gasteiger partial charge in [0.15, 0.2) is 6.61 Å². The molecule has 1 saturated heterocycles. The molecule has 0 spiro atoms. The van der Waals surface area contributed by atoms with E-state index in [1.165, 1.54) is 31.4 Å². The van der Waals surface area contributed by atoms with Crippen molar-refractivity contribution in [3.05, 3.63) is 35.4 Å². The van der Waals surface area contributed by atoms with Gasteiger partial charge in [0.25, 0.3) is 0 Å². The van der Waals surface area contributed by atoms with Crippen LogP contribution in [0.5, 0.6) is 0 Å². The molecule has 0 bridgehead atoms. The van der Waals surface area contributed by atoms with E-state index < -0.39 is 30.6 Å². The lowest BCUT2D eigenvalue weighted by Gasteiger charge is -2.31. The quantitative estimate of drug-likeness (QED) is 0.834. The van der Waals surface area contributed by atoms with Crippen molar-refractivity contribution in [1.82, 2.24) is 5.32 Å². The molecule has 1 aliphatic rings. The predicted octanol–water partition coefficient (Wildman–Crippen LogP) is 1.89. The van der Waals surface area contributed by atoms with Crippen LogP contribution in [0.2, 0.25) is 0 Å². The van der Waals surface area contributed by atoms with Crippen LogP contribution in [0, 0.1) is 0 Å². The average Bonchev–Trinajstić information content (AvgIpc) is 2.41. The molecule has 0 radical (unpaired) electrons. The van der Waals surface area contributed by atoms with E-state index >= 15 is 0 Å². The maximum Gasteiger partial charge on any atom is 0.408 e. The number of hydrogen-bond acceptors (Lipinski definition) is 4. The van der Waals surface area contributed by atoms with Gasteiger partial charge in [-0.2, -0.15) is 0 Å². The Morgan fingerprint density at radius 2 is 2.26 bits per heavy atom. The molecule has 1 aromatic carbocycles. The molecule has 5 nitrogen and oxygen atoms in total. The summed E-state index contributed by atoms with van der Waals surface area (Å²) in [5, 5.41) is 2.04. The molecule has 1 atom stereocenters. The molecule has 1 N–H and O–H groups in total. The molecule has 19 heavy (non-hydrogen) atoms. The fourth-order valence-corrected chi connectivity index (χ4v) is 1.80. The Morgan fingerprint density at radius 1 is 1.53 bits per heavy atom. The topological polar surface area (TPSA) is 64.6 Å². The highest BCUT2D eigenvalue weighted by atomic mass is 19.3. The number of methoxy groups -OCH3 is 1. The van der Waals surface area contributed by atoms with Gasteiger partial charge in [-0.1, -0.05) is 12.1 Å². The van der Waals surface area contributed by atoms with Crippen LogP contribution in [-0.4, -0.2) is 31.7 Å². The van der Waals surface area contributed by atoms with Gasteiger partial charge in [-0.25, -0.2) is 18.4 Å². The number of rotatable bonds is 2. The predicted molar refractivity (Wildman–Crippen MR) is 60.0 cm³/mol. The van der Waals surface area contributed by atoms with Crippen LogP contribution >= 0.6 is 0 Å². The normalized spacial score (nSPS) is 21.2. The minimum absolute atomic E-state index is 0.115. The van der Waals surface area contributed by atoms with Crippen LogP contribution in [0.4, 0.5) is 13.6 Å². The van der Waals surface area contributed by atoms with Crippen LogP contribution < -0.4 is 5.32 Å². The van der Waals surface area contributed by atoms with Gasteiger partial charge < -0.3 is 14.8 Å². The number of carbonyl (C=O) groups excluding carboxylic acids is 2. The van der Waals surface area contributed by atoms with E-state index in [-0.39, 0.29) is 11.1 Å². The first-order valence-corrected chi connectivity index (χ1v) is 5.43. The maximum atomic E-state index is 13.7. The third kappa shape index (κ3) is 2.64. The minimum atomic E-state index is -3.25. The van der Waals surface area contributed by atoms with Gasteiger partial charge in [-0.05, 0) is 17.7 Å². The summed E-state index contributed by atoms with van der Waals surface area (Å²) in [6.45, 7) is -0.994. The molecule has 0 unspecified atom stereocenters. The number of cyclic esters (lactones) is 1. The number of esters is 1. The Hall–Kier alpha value is -2.18. The van der Waals surface area contributed by atoms with E-state index in [2.05, 4.69) is 9.47 Å². The molecule has 0 saturated carbocycles. The van der Waals surface area contributed by atoms with Crippen molar-refractivity contribution in [1.29, 1.82) is 0 Å². The van der Waals surface area contributed by atoms with Gasteiger partial charge >= 0.3 is 18.0 Å². The van der Waals surface area contributed by atoms with Gasteiger partial charge in [0.2, 0.25) is 0 Å². The molecular formula is C12H11F2NO4. The molecule has 1 amide bonds. The second-order valence-corrected chi connectivity index (χ2v) is 4.03. The van der Waals surface area contributed by atoms with Crippen LogP contribution in [0.15, 0.2) is 24.3 Å². The molecule has 1 fully saturated rings. The number of amides is 1. The second kappa shape index (κ2) is 4.83. The summed E-state index contributed by atoms with van der Waals surface area (Å²) >= 11 is 0. The number of ether oxygens (including phenoxy) is 2. The number of halogens is 2. The first-order valence-electron chi connectivity index (χ1n) is 5.43. The minimum Gasteiger partial charge on any atom is -0.465 e. The van der Waals surface area contributed by atoms with E-state index in [0.29, 0.717) is 0 Å². The Balaban J connectivity index is 2.34. The van der Waals surface area contributed by atoms with Gasteiger partial charge in [0.05, 0.1) is 12.7 Å². The smallest absolute Gasteiger partial charge is 0.408 e. The fourth-order valence-electron chi connectivity index (χ4n) is 1.80. The van der Waals surface area contributed by atoms with E-state index in [0.717, 1.165) is 0 Å². The summed E-state index contributed by atoms with van der Waals surface area (Å²) in [6, 6.07) is 4.01. The van der Waals surface area contributed by atoms with Crippen LogP contribution in [0.25, 0.3) is 0 Å². The molecule has 7 heteroatoms. The Kier molecular flexibility index (Phi) is 3.37. The molecule has 1 heterocycles. The first-order chi connectivity index (χ1) is 8.94. The summed E-state index contributed by atoms with van der Waals surface area (Å²) in [7, 11) is 1.19. The van der Waals surface area contributed by atoms with Crippen LogP contribution in [-0.2, 0) is 9.47 Å². The summed E-state index contributed by atoms with van der Waals surface area (Å²) in [5.41, 5.74) is 0.251. The van der Waals surface area contributed by atoms with Crippen molar-refractivity contribution in [2.75, 3.05) is 13.7 Å². The first kappa shape index (κ1) is 13.3. The van der Waals surface area contributed by atoms with E-state index in [1.807, 2.05) is 5.32 Å². The summed E-state index contributed by atoms with van der Waals surface area (Å²) in [4.78, 5) is 22.4. The SMILES string of the molecule is COC(=O)c1cccc([C@@H]2NC(=O)OCC2(F)F)c1. The van der Waals surface area contributed by atoms with E-state index in [4.69, 9.17) is 0 Å². The molecule has 0 aliphatic carbocycles. The Labute approximate surface area is 107 Å². The van der Waals surface area contributed by atoms with Crippen LogP contribution in [0.3, 0.4) is 0 Å². The van der Waals surface area contributed by atoms with E-state index in [1.54, 1.807) is 0 Å². The third-order valence-corrected chi connectivity index (χ3v) is 2.72. The third-order valence-electron chi connectivity index (χ3n) is 2.72. The lowest BCUT2D eigenvalue weighted by atomic mass is 9.98. The van der Waals surface area contributed by atoms with Crippen molar-refractivity contribution < 1.29 is 27.8 Å². The van der Waals surface area contributed by atoms with Crippen LogP contribution in [0.1, 0.15) is 22.0 Å². The molecule has 0 aromatic heterocycles. The van der Waals surface area contributed by atoms with Crippen molar-refractivity contribution in [2.45, 2.75) is 12.0 Å². The average molecular weight is 271 g/mol. The molecule has 1 aromatic rings. The zero-order valence-corrected chi connectivity index (χ0v) is 9.98. The number of benzene rings is 1. The largest absolute Gasteiger partial charge is 0.465 e. The monoisotopic (exact) mass is 271 g/mol. The standard InChI is InChI=1S/C12H11F2NO4/c1-18-10(16)8-4-2-3-7(5-8)9-12(13,14)6-19-11(17)15-9/h2-5,9H,6H2,1H3,(H,15,17)/t9-/m0/s1. The van der Waals surface area contributed by atoms with Gasteiger partial charge in [-0.3, -0.25) is 0 Å². The molecular weight excluding hydrogens is 260 g/mol. The van der Waals surface area contributed by atoms with Crippen molar-refractivity contribution >= 4 is 12.1 Å². The Morgan fingerprint density at radius 3 is 2.95 bits per heavy atom. The molecule has 2 rings (SSSR count). The molecule has 1 aliphatic heterocycles. The van der Waals surface area contributed by atoms with Gasteiger partial charge in [0, 0.05) is 0 Å². The fraction of sp³-hybridized carbons (Fsp3) is 0.333. The Bertz CT molecular complexity index is 518. The van der Waals surface area contributed by atoms with Gasteiger partial charge in [-0.15, -0.1) is 0 Å². The molecule has 102 valence electrons. The van der Waals surface area contributed by atoms with E-state index in [9.17, 15) is 18.4 Å². The highest BCUT2D eigenvalue weighted by Crippen LogP contribution is 2.34. The highest BCUT2D eigenvalue weighted by Gasteiger charge is 2.46. The number of hydrogen-bond donors (Lipinski definition) is 1. The van der Waals surface area contributed by atoms with Crippen molar-refractivity contribution in [3.63, 3.8) is 0 Å². The lowest BCUT2D eigenvalue weighted by molar-refractivity contribution is -0.104.